The van der Waals surface area contributed by atoms with Gasteiger partial charge in [0.1, 0.15) is 6.10 Å². The van der Waals surface area contributed by atoms with E-state index in [4.69, 9.17) is 0 Å². The molecular weight excluding hydrogens is 647 g/mol. The number of carbonyl (C=O) groups excluding carboxylic acids is 1. The van der Waals surface area contributed by atoms with Gasteiger partial charge in [-0.1, -0.05) is 199 Å². The normalized spacial score (nSPS) is 13.9. The third-order valence-electron chi connectivity index (χ3n) is 10.1. The molecule has 0 bridgehead atoms. The van der Waals surface area contributed by atoms with Crippen LogP contribution in [-0.2, 0) is 14.9 Å². The summed E-state index contributed by atoms with van der Waals surface area (Å²) in [6.07, 6.45) is 40.8. The Balaban J connectivity index is 3.95. The summed E-state index contributed by atoms with van der Waals surface area (Å²) in [6, 6.07) is -1.15. The first-order chi connectivity index (χ1) is 24.2. The Morgan fingerprint density at radius 3 is 1.20 bits per heavy atom. The van der Waals surface area contributed by atoms with Gasteiger partial charge in [0, 0.05) is 0 Å². The second-order valence-corrected chi connectivity index (χ2v) is 16.6. The quantitative estimate of drug-likeness (QED) is 0.0284. The summed E-state index contributed by atoms with van der Waals surface area (Å²) in [5.74, 6) is -1.45. The lowest BCUT2D eigenvalue weighted by atomic mass is 10.0. The van der Waals surface area contributed by atoms with Gasteiger partial charge in [-0.15, -0.1) is 0 Å². The standard InChI is InChI=1S/C42H83NO6S/c1-3-5-7-9-11-13-15-17-19-21-23-24-26-28-30-32-34-36-40(44)39(38-50(47,48)49)43-42(46)41(45)37-35-33-31-29-27-25-22-20-18-16-14-12-10-8-6-4-2/h18,20,39-41,44-45H,3-17,19,21-38H2,1-2H3,(H,43,46)(H,47,48,49)/b20-18-. The summed E-state index contributed by atoms with van der Waals surface area (Å²) in [5.41, 5.74) is 0. The van der Waals surface area contributed by atoms with E-state index in [1.54, 1.807) is 0 Å². The van der Waals surface area contributed by atoms with Crippen LogP contribution in [0.1, 0.15) is 226 Å². The molecule has 0 rings (SSSR count). The minimum absolute atomic E-state index is 0.293. The van der Waals surface area contributed by atoms with Crippen LogP contribution >= 0.6 is 0 Å². The molecule has 0 saturated carbocycles. The van der Waals surface area contributed by atoms with Crippen molar-refractivity contribution in [3.63, 3.8) is 0 Å². The highest BCUT2D eigenvalue weighted by atomic mass is 32.2. The van der Waals surface area contributed by atoms with Crippen molar-refractivity contribution in [2.24, 2.45) is 0 Å². The zero-order chi connectivity index (χ0) is 37.0. The second-order valence-electron chi connectivity index (χ2n) is 15.1. The predicted molar refractivity (Wildman–Crippen MR) is 213 cm³/mol. The van der Waals surface area contributed by atoms with Gasteiger partial charge in [-0.25, -0.2) is 0 Å². The van der Waals surface area contributed by atoms with E-state index in [1.807, 2.05) is 0 Å². The highest BCUT2D eigenvalue weighted by Gasteiger charge is 2.28. The van der Waals surface area contributed by atoms with E-state index < -0.39 is 40.0 Å². The fourth-order valence-electron chi connectivity index (χ4n) is 6.75. The maximum atomic E-state index is 12.6. The number of carbonyl (C=O) groups is 1. The van der Waals surface area contributed by atoms with Crippen molar-refractivity contribution < 1.29 is 28.0 Å². The minimum Gasteiger partial charge on any atom is -0.391 e. The number of unbranched alkanes of at least 4 members (excludes halogenated alkanes) is 28. The topological polar surface area (TPSA) is 124 Å². The molecule has 50 heavy (non-hydrogen) atoms. The Morgan fingerprint density at radius 1 is 0.520 bits per heavy atom. The fourth-order valence-corrected chi connectivity index (χ4v) is 7.51. The summed E-state index contributed by atoms with van der Waals surface area (Å²) >= 11 is 0. The maximum absolute atomic E-state index is 12.6. The van der Waals surface area contributed by atoms with Crippen LogP contribution in [0.3, 0.4) is 0 Å². The van der Waals surface area contributed by atoms with Crippen molar-refractivity contribution in [1.29, 1.82) is 0 Å². The lowest BCUT2D eigenvalue weighted by molar-refractivity contribution is -0.131. The Hall–Kier alpha value is -0.960. The highest BCUT2D eigenvalue weighted by molar-refractivity contribution is 7.85. The van der Waals surface area contributed by atoms with Gasteiger partial charge in [0.25, 0.3) is 10.1 Å². The first kappa shape index (κ1) is 49.0. The van der Waals surface area contributed by atoms with Crippen LogP contribution < -0.4 is 5.32 Å². The van der Waals surface area contributed by atoms with Crippen LogP contribution in [-0.4, -0.2) is 53.1 Å². The number of nitrogens with one attached hydrogen (secondary N) is 1. The summed E-state index contributed by atoms with van der Waals surface area (Å²) in [7, 11) is -4.41. The molecule has 1 amide bonds. The predicted octanol–water partition coefficient (Wildman–Crippen LogP) is 11.6. The molecule has 298 valence electrons. The van der Waals surface area contributed by atoms with Crippen molar-refractivity contribution in [2.75, 3.05) is 5.75 Å². The van der Waals surface area contributed by atoms with Gasteiger partial charge in [0.2, 0.25) is 5.91 Å². The van der Waals surface area contributed by atoms with Crippen molar-refractivity contribution >= 4 is 16.0 Å². The van der Waals surface area contributed by atoms with Gasteiger partial charge in [-0.3, -0.25) is 9.35 Å². The number of amides is 1. The third kappa shape index (κ3) is 35.4. The number of allylic oxidation sites excluding steroid dienone is 2. The highest BCUT2D eigenvalue weighted by Crippen LogP contribution is 2.16. The van der Waals surface area contributed by atoms with E-state index in [9.17, 15) is 28.0 Å². The lowest BCUT2D eigenvalue weighted by Crippen LogP contribution is -2.50. The third-order valence-corrected chi connectivity index (χ3v) is 10.9. The Bertz CT molecular complexity index is 864. The van der Waals surface area contributed by atoms with Gasteiger partial charge < -0.3 is 15.5 Å². The first-order valence-electron chi connectivity index (χ1n) is 21.5. The molecule has 0 radical (unpaired) electrons. The number of hydrogen-bond acceptors (Lipinski definition) is 5. The first-order valence-corrected chi connectivity index (χ1v) is 23.1. The van der Waals surface area contributed by atoms with E-state index in [0.717, 1.165) is 51.4 Å². The van der Waals surface area contributed by atoms with Crippen LogP contribution in [0.15, 0.2) is 12.2 Å². The van der Waals surface area contributed by atoms with Crippen molar-refractivity contribution in [3.05, 3.63) is 12.2 Å². The molecular formula is C42H83NO6S. The molecule has 3 atom stereocenters. The molecule has 0 spiro atoms. The Labute approximate surface area is 310 Å². The molecule has 0 aromatic heterocycles. The van der Waals surface area contributed by atoms with Gasteiger partial charge in [0.15, 0.2) is 0 Å². The zero-order valence-corrected chi connectivity index (χ0v) is 33.7. The minimum atomic E-state index is -4.41. The summed E-state index contributed by atoms with van der Waals surface area (Å²) in [5, 5.41) is 23.6. The smallest absolute Gasteiger partial charge is 0.266 e. The van der Waals surface area contributed by atoms with Crippen molar-refractivity contribution in [1.82, 2.24) is 5.32 Å². The zero-order valence-electron chi connectivity index (χ0n) is 32.9. The molecule has 0 fully saturated rings. The summed E-state index contributed by atoms with van der Waals surface area (Å²) in [6.45, 7) is 4.51. The molecule has 3 unspecified atom stereocenters. The van der Waals surface area contributed by atoms with Gasteiger partial charge in [-0.05, 0) is 38.5 Å². The molecule has 0 saturated heterocycles. The molecule has 4 N–H and O–H groups in total. The van der Waals surface area contributed by atoms with Gasteiger partial charge in [0.05, 0.1) is 17.9 Å². The van der Waals surface area contributed by atoms with E-state index >= 15 is 0 Å². The summed E-state index contributed by atoms with van der Waals surface area (Å²) < 4.78 is 32.6. The molecule has 0 aromatic carbocycles. The average molecular weight is 730 g/mol. The maximum Gasteiger partial charge on any atom is 0.266 e. The largest absolute Gasteiger partial charge is 0.391 e. The number of aliphatic hydroxyl groups excluding tert-OH is 2. The van der Waals surface area contributed by atoms with E-state index in [0.29, 0.717) is 19.3 Å². The van der Waals surface area contributed by atoms with Crippen LogP contribution in [0.2, 0.25) is 0 Å². The van der Waals surface area contributed by atoms with E-state index in [2.05, 4.69) is 31.3 Å². The lowest BCUT2D eigenvalue weighted by Gasteiger charge is -2.24. The van der Waals surface area contributed by atoms with Crippen LogP contribution in [0.5, 0.6) is 0 Å². The molecule has 8 heteroatoms. The molecule has 0 aromatic rings. The van der Waals surface area contributed by atoms with E-state index in [-0.39, 0.29) is 0 Å². The SMILES string of the molecule is CCCCCCCC/C=C\CCCCCCCCC(O)C(=O)NC(CS(=O)(=O)O)C(O)CCCCCCCCCCCCCCCCCCC. The number of rotatable bonds is 39. The van der Waals surface area contributed by atoms with Gasteiger partial charge in [-0.2, -0.15) is 8.42 Å². The number of hydrogen-bond donors (Lipinski definition) is 4. The summed E-state index contributed by atoms with van der Waals surface area (Å²) in [4.78, 5) is 12.6. The molecule has 7 nitrogen and oxygen atoms in total. The van der Waals surface area contributed by atoms with Crippen LogP contribution in [0.4, 0.5) is 0 Å². The van der Waals surface area contributed by atoms with Crippen molar-refractivity contribution in [2.45, 2.75) is 244 Å². The number of aliphatic hydroxyl groups is 2. The average Bonchev–Trinajstić information content (AvgIpc) is 3.08. The Kier molecular flexibility index (Phi) is 35.7. The fraction of sp³-hybridized carbons (Fsp3) is 0.929. The Morgan fingerprint density at radius 2 is 0.840 bits per heavy atom. The second kappa shape index (κ2) is 36.4. The molecule has 0 aliphatic carbocycles. The van der Waals surface area contributed by atoms with Gasteiger partial charge >= 0.3 is 0 Å². The van der Waals surface area contributed by atoms with E-state index in [1.165, 1.54) is 141 Å². The van der Waals surface area contributed by atoms with Crippen LogP contribution in [0.25, 0.3) is 0 Å². The van der Waals surface area contributed by atoms with Crippen LogP contribution in [0, 0.1) is 0 Å². The van der Waals surface area contributed by atoms with Crippen molar-refractivity contribution in [3.8, 4) is 0 Å². The molecule has 0 aliphatic heterocycles. The molecule has 0 heterocycles. The molecule has 0 aliphatic rings. The monoisotopic (exact) mass is 730 g/mol.